The summed E-state index contributed by atoms with van der Waals surface area (Å²) in [6.07, 6.45) is 6.00. The van der Waals surface area contributed by atoms with E-state index in [0.717, 1.165) is 19.0 Å². The Kier molecular flexibility index (Phi) is 5.26. The summed E-state index contributed by atoms with van der Waals surface area (Å²) < 4.78 is 25.7. The van der Waals surface area contributed by atoms with E-state index in [4.69, 9.17) is 0 Å². The monoisotopic (exact) mass is 288 g/mol. The second-order valence-corrected chi connectivity index (χ2v) is 8.27. The van der Waals surface area contributed by atoms with Crippen LogP contribution in [0.5, 0.6) is 0 Å². The van der Waals surface area contributed by atoms with Gasteiger partial charge in [-0.1, -0.05) is 26.7 Å². The molecule has 19 heavy (non-hydrogen) atoms. The van der Waals surface area contributed by atoms with E-state index in [1.165, 1.54) is 25.7 Å². The van der Waals surface area contributed by atoms with Crippen LogP contribution in [-0.4, -0.2) is 55.6 Å². The van der Waals surface area contributed by atoms with Crippen LogP contribution >= 0.6 is 0 Å². The fourth-order valence-electron chi connectivity index (χ4n) is 3.47. The predicted octanol–water partition coefficient (Wildman–Crippen LogP) is 1.92. The molecule has 0 spiro atoms. The van der Waals surface area contributed by atoms with Gasteiger partial charge in [-0.15, -0.1) is 0 Å². The highest BCUT2D eigenvalue weighted by atomic mass is 32.2. The maximum absolute atomic E-state index is 12.0. The van der Waals surface area contributed by atoms with Crippen LogP contribution in [0.3, 0.4) is 0 Å². The second-order valence-electron chi connectivity index (χ2n) is 6.18. The first kappa shape index (κ1) is 15.3. The topological polar surface area (TPSA) is 40.6 Å². The fourth-order valence-corrected chi connectivity index (χ4v) is 4.96. The zero-order valence-corrected chi connectivity index (χ0v) is 13.2. The van der Waals surface area contributed by atoms with Gasteiger partial charge in [0.25, 0.3) is 0 Å². The first-order valence-corrected chi connectivity index (χ1v) is 9.35. The summed E-state index contributed by atoms with van der Waals surface area (Å²) in [4.78, 5) is 2.52. The van der Waals surface area contributed by atoms with Gasteiger partial charge in [-0.2, -0.15) is 4.31 Å². The molecule has 0 aromatic heterocycles. The van der Waals surface area contributed by atoms with Crippen molar-refractivity contribution in [1.82, 2.24) is 9.21 Å². The lowest BCUT2D eigenvalue weighted by atomic mass is 9.86. The Morgan fingerprint density at radius 1 is 1.11 bits per heavy atom. The molecule has 1 saturated carbocycles. The molecular weight excluding hydrogens is 260 g/mol. The zero-order chi connectivity index (χ0) is 13.9. The summed E-state index contributed by atoms with van der Waals surface area (Å²) in [5, 5.41) is 0. The summed E-state index contributed by atoms with van der Waals surface area (Å²) in [6, 6.07) is 0.694. The highest BCUT2D eigenvalue weighted by Gasteiger charge is 2.31. The fraction of sp³-hybridized carbons (Fsp3) is 1.00. The van der Waals surface area contributed by atoms with Gasteiger partial charge >= 0.3 is 0 Å². The van der Waals surface area contributed by atoms with Crippen molar-refractivity contribution in [2.45, 2.75) is 52.0 Å². The molecule has 0 unspecified atom stereocenters. The number of hydrogen-bond acceptors (Lipinski definition) is 3. The van der Waals surface area contributed by atoms with Crippen molar-refractivity contribution in [2.75, 3.05) is 31.9 Å². The number of hydrogen-bond donors (Lipinski definition) is 0. The van der Waals surface area contributed by atoms with Gasteiger partial charge < -0.3 is 0 Å². The molecule has 112 valence electrons. The molecule has 2 fully saturated rings. The van der Waals surface area contributed by atoms with E-state index in [1.54, 1.807) is 4.31 Å². The van der Waals surface area contributed by atoms with Gasteiger partial charge in [0.05, 0.1) is 5.75 Å². The van der Waals surface area contributed by atoms with Crippen molar-refractivity contribution in [2.24, 2.45) is 5.92 Å². The molecule has 1 aliphatic heterocycles. The maximum Gasteiger partial charge on any atom is 0.214 e. The molecule has 0 N–H and O–H groups in total. The van der Waals surface area contributed by atoms with Gasteiger partial charge in [-0.25, -0.2) is 8.42 Å². The predicted molar refractivity (Wildman–Crippen MR) is 78.6 cm³/mol. The third-order valence-electron chi connectivity index (χ3n) is 4.55. The molecule has 0 radical (unpaired) electrons. The molecular formula is C14H28N2O2S. The summed E-state index contributed by atoms with van der Waals surface area (Å²) in [6.45, 7) is 7.48. The van der Waals surface area contributed by atoms with E-state index in [9.17, 15) is 8.42 Å². The molecule has 0 aromatic carbocycles. The van der Waals surface area contributed by atoms with E-state index in [0.29, 0.717) is 31.3 Å². The van der Waals surface area contributed by atoms with Crippen LogP contribution in [0.25, 0.3) is 0 Å². The highest BCUT2D eigenvalue weighted by Crippen LogP contribution is 2.28. The Hall–Kier alpha value is -0.130. The van der Waals surface area contributed by atoms with E-state index < -0.39 is 10.0 Å². The Balaban J connectivity index is 1.85. The molecule has 1 aliphatic carbocycles. The average molecular weight is 288 g/mol. The van der Waals surface area contributed by atoms with E-state index in [2.05, 4.69) is 11.8 Å². The largest absolute Gasteiger partial charge is 0.298 e. The molecule has 2 aliphatic rings. The normalized spacial score (nSPS) is 31.5. The van der Waals surface area contributed by atoms with Crippen molar-refractivity contribution in [3.63, 3.8) is 0 Å². The van der Waals surface area contributed by atoms with E-state index in [1.807, 2.05) is 6.92 Å². The molecule has 0 amide bonds. The first-order valence-electron chi connectivity index (χ1n) is 7.75. The summed E-state index contributed by atoms with van der Waals surface area (Å²) in [5.41, 5.74) is 0. The van der Waals surface area contributed by atoms with Gasteiger partial charge in [-0.05, 0) is 25.2 Å². The van der Waals surface area contributed by atoms with E-state index in [-0.39, 0.29) is 0 Å². The van der Waals surface area contributed by atoms with Gasteiger partial charge in [0.1, 0.15) is 0 Å². The van der Waals surface area contributed by atoms with Crippen LogP contribution in [-0.2, 0) is 10.0 Å². The minimum atomic E-state index is -2.99. The third-order valence-corrected chi connectivity index (χ3v) is 6.63. The molecule has 2 rings (SSSR count). The van der Waals surface area contributed by atoms with Crippen LogP contribution in [0.2, 0.25) is 0 Å². The van der Waals surface area contributed by atoms with E-state index >= 15 is 0 Å². The molecule has 5 heteroatoms. The van der Waals surface area contributed by atoms with Gasteiger partial charge in [-0.3, -0.25) is 4.90 Å². The smallest absolute Gasteiger partial charge is 0.214 e. The molecule has 4 nitrogen and oxygen atoms in total. The Morgan fingerprint density at radius 3 is 2.37 bits per heavy atom. The van der Waals surface area contributed by atoms with Crippen molar-refractivity contribution in [3.05, 3.63) is 0 Å². The van der Waals surface area contributed by atoms with Crippen molar-refractivity contribution in [1.29, 1.82) is 0 Å². The molecule has 1 heterocycles. The lowest BCUT2D eigenvalue weighted by molar-refractivity contribution is 0.0967. The standard InChI is InChI=1S/C14H28N2O2S/c1-3-11-19(17,18)16-9-7-15(8-10-16)14-6-4-5-13(2)12-14/h13-14H,3-12H2,1-2H3/t13-,14-/m0/s1. The summed E-state index contributed by atoms with van der Waals surface area (Å²) in [7, 11) is -2.99. The average Bonchev–Trinajstić information content (AvgIpc) is 2.39. The molecule has 1 saturated heterocycles. The van der Waals surface area contributed by atoms with Gasteiger partial charge in [0.15, 0.2) is 0 Å². The van der Waals surface area contributed by atoms with Crippen LogP contribution < -0.4 is 0 Å². The van der Waals surface area contributed by atoms with Gasteiger partial charge in [0.2, 0.25) is 10.0 Å². The van der Waals surface area contributed by atoms with Crippen LogP contribution in [0.15, 0.2) is 0 Å². The number of piperazine rings is 1. The Labute approximate surface area is 118 Å². The molecule has 0 bridgehead atoms. The van der Waals surface area contributed by atoms with Crippen LogP contribution in [0.1, 0.15) is 46.0 Å². The minimum Gasteiger partial charge on any atom is -0.298 e. The zero-order valence-electron chi connectivity index (χ0n) is 12.3. The first-order chi connectivity index (χ1) is 9.03. The Morgan fingerprint density at radius 2 is 1.79 bits per heavy atom. The number of nitrogens with zero attached hydrogens (tertiary/aromatic N) is 2. The summed E-state index contributed by atoms with van der Waals surface area (Å²) >= 11 is 0. The third kappa shape index (κ3) is 3.92. The molecule has 0 aromatic rings. The molecule has 2 atom stereocenters. The number of sulfonamides is 1. The van der Waals surface area contributed by atoms with Crippen molar-refractivity contribution < 1.29 is 8.42 Å². The quantitative estimate of drug-likeness (QED) is 0.793. The van der Waals surface area contributed by atoms with Gasteiger partial charge in [0, 0.05) is 32.2 Å². The lowest BCUT2D eigenvalue weighted by Crippen LogP contribution is -2.53. The number of rotatable bonds is 4. The minimum absolute atomic E-state index is 0.299. The van der Waals surface area contributed by atoms with Crippen LogP contribution in [0, 0.1) is 5.92 Å². The van der Waals surface area contributed by atoms with Crippen LogP contribution in [0.4, 0.5) is 0 Å². The summed E-state index contributed by atoms with van der Waals surface area (Å²) in [5.74, 6) is 1.13. The highest BCUT2D eigenvalue weighted by molar-refractivity contribution is 7.89. The van der Waals surface area contributed by atoms with Crippen molar-refractivity contribution >= 4 is 10.0 Å². The Bertz CT molecular complexity index is 375. The maximum atomic E-state index is 12.0. The lowest BCUT2D eigenvalue weighted by Gasteiger charge is -2.41. The van der Waals surface area contributed by atoms with Crippen molar-refractivity contribution in [3.8, 4) is 0 Å². The second kappa shape index (κ2) is 6.55. The SMILES string of the molecule is CCCS(=O)(=O)N1CCN([C@H]2CCC[C@H](C)C2)CC1.